The Kier molecular flexibility index (Phi) is 5.12. The molecule has 2 heterocycles. The lowest BCUT2D eigenvalue weighted by molar-refractivity contribution is 0.152. The average molecular weight is 275 g/mol. The second kappa shape index (κ2) is 7.05. The van der Waals surface area contributed by atoms with Crippen molar-refractivity contribution in [2.75, 3.05) is 7.11 Å². The number of nitrogens with zero attached hydrogens (tertiary/aromatic N) is 3. The summed E-state index contributed by atoms with van der Waals surface area (Å²) in [7, 11) is 1.60. The molecule has 0 saturated carbocycles. The van der Waals surface area contributed by atoms with Gasteiger partial charge in [-0.2, -0.15) is 5.10 Å². The van der Waals surface area contributed by atoms with E-state index in [1.165, 1.54) is 0 Å². The van der Waals surface area contributed by atoms with Crippen LogP contribution in [0.1, 0.15) is 37.1 Å². The smallest absolute Gasteiger partial charge is 0.162 e. The predicted molar refractivity (Wildman–Crippen MR) is 76.6 cm³/mol. The van der Waals surface area contributed by atoms with Gasteiger partial charge in [0.2, 0.25) is 0 Å². The molecule has 1 unspecified atom stereocenters. The van der Waals surface area contributed by atoms with E-state index in [2.05, 4.69) is 17.0 Å². The van der Waals surface area contributed by atoms with Crippen molar-refractivity contribution < 1.29 is 9.84 Å². The van der Waals surface area contributed by atoms with Gasteiger partial charge in [-0.15, -0.1) is 0 Å². The Balaban J connectivity index is 2.08. The summed E-state index contributed by atoms with van der Waals surface area (Å²) in [5.41, 5.74) is 1.88. The summed E-state index contributed by atoms with van der Waals surface area (Å²) in [6, 6.07) is 3.92. The van der Waals surface area contributed by atoms with Crippen LogP contribution in [0.2, 0.25) is 0 Å². The van der Waals surface area contributed by atoms with Gasteiger partial charge in [0.15, 0.2) is 5.75 Å². The summed E-state index contributed by atoms with van der Waals surface area (Å²) in [5.74, 6) is 0.650. The molecular weight excluding hydrogens is 254 g/mol. The van der Waals surface area contributed by atoms with Crippen LogP contribution >= 0.6 is 0 Å². The third kappa shape index (κ3) is 3.36. The van der Waals surface area contributed by atoms with Gasteiger partial charge in [-0.3, -0.25) is 9.67 Å². The van der Waals surface area contributed by atoms with E-state index in [1.54, 1.807) is 19.5 Å². The van der Waals surface area contributed by atoms with Crippen molar-refractivity contribution in [1.82, 2.24) is 14.8 Å². The van der Waals surface area contributed by atoms with Gasteiger partial charge in [0, 0.05) is 18.9 Å². The molecule has 5 nitrogen and oxygen atoms in total. The monoisotopic (exact) mass is 275 g/mol. The minimum absolute atomic E-state index is 0.584. The average Bonchev–Trinajstić information content (AvgIpc) is 2.89. The number of rotatable bonds is 7. The topological polar surface area (TPSA) is 60.2 Å². The van der Waals surface area contributed by atoms with Gasteiger partial charge in [-0.25, -0.2) is 0 Å². The molecule has 0 aromatic carbocycles. The zero-order valence-electron chi connectivity index (χ0n) is 12.0. The van der Waals surface area contributed by atoms with Crippen molar-refractivity contribution in [3.8, 4) is 5.75 Å². The lowest BCUT2D eigenvalue weighted by Gasteiger charge is -2.14. The number of hydrogen-bond donors (Lipinski definition) is 1. The van der Waals surface area contributed by atoms with Gasteiger partial charge in [0.25, 0.3) is 0 Å². The van der Waals surface area contributed by atoms with E-state index < -0.39 is 6.10 Å². The Hall–Kier alpha value is -1.88. The second-order valence-corrected chi connectivity index (χ2v) is 4.74. The molecule has 2 aromatic rings. The van der Waals surface area contributed by atoms with Crippen LogP contribution in [0.15, 0.2) is 30.7 Å². The highest BCUT2D eigenvalue weighted by molar-refractivity contribution is 5.27. The maximum Gasteiger partial charge on any atom is 0.162 e. The molecule has 0 aliphatic carbocycles. The van der Waals surface area contributed by atoms with Crippen molar-refractivity contribution in [3.05, 3.63) is 42.0 Å². The zero-order valence-corrected chi connectivity index (χ0v) is 12.0. The van der Waals surface area contributed by atoms with E-state index in [1.807, 2.05) is 23.0 Å². The highest BCUT2D eigenvalue weighted by atomic mass is 16.5. The molecule has 108 valence electrons. The summed E-state index contributed by atoms with van der Waals surface area (Å²) in [4.78, 5) is 4.08. The molecular formula is C15H21N3O2. The SMILES string of the molecule is CCCn1ncc(OC)c1C(O)CCc1cccnc1. The number of aliphatic hydroxyl groups is 1. The largest absolute Gasteiger partial charge is 0.493 e. The van der Waals surface area contributed by atoms with Crippen LogP contribution in [0.3, 0.4) is 0 Å². The third-order valence-corrected chi connectivity index (χ3v) is 3.25. The van der Waals surface area contributed by atoms with Crippen molar-refractivity contribution in [1.29, 1.82) is 0 Å². The molecule has 1 atom stereocenters. The number of methoxy groups -OCH3 is 1. The Bertz CT molecular complexity index is 525. The molecule has 2 aromatic heterocycles. The van der Waals surface area contributed by atoms with Gasteiger partial charge in [-0.1, -0.05) is 13.0 Å². The summed E-state index contributed by atoms with van der Waals surface area (Å²) < 4.78 is 7.12. The number of aromatic nitrogens is 3. The van der Waals surface area contributed by atoms with Crippen LogP contribution in [0.25, 0.3) is 0 Å². The second-order valence-electron chi connectivity index (χ2n) is 4.74. The highest BCUT2D eigenvalue weighted by Crippen LogP contribution is 2.28. The van der Waals surface area contributed by atoms with E-state index in [0.29, 0.717) is 12.2 Å². The molecule has 0 radical (unpaired) electrons. The van der Waals surface area contributed by atoms with Crippen LogP contribution < -0.4 is 4.74 Å². The molecule has 0 spiro atoms. The molecule has 0 amide bonds. The van der Waals surface area contributed by atoms with Crippen LogP contribution in [0.4, 0.5) is 0 Å². The van der Waals surface area contributed by atoms with Gasteiger partial charge in [0.1, 0.15) is 5.69 Å². The van der Waals surface area contributed by atoms with E-state index in [0.717, 1.165) is 30.6 Å². The highest BCUT2D eigenvalue weighted by Gasteiger charge is 2.19. The molecule has 0 aliphatic rings. The number of hydrogen-bond acceptors (Lipinski definition) is 4. The fraction of sp³-hybridized carbons (Fsp3) is 0.467. The van der Waals surface area contributed by atoms with Crippen LogP contribution in [0, 0.1) is 0 Å². The van der Waals surface area contributed by atoms with Crippen molar-refractivity contribution in [2.24, 2.45) is 0 Å². The van der Waals surface area contributed by atoms with E-state index in [-0.39, 0.29) is 0 Å². The van der Waals surface area contributed by atoms with Crippen molar-refractivity contribution in [3.63, 3.8) is 0 Å². The Morgan fingerprint density at radius 2 is 2.25 bits per heavy atom. The normalized spacial score (nSPS) is 12.3. The molecule has 0 fully saturated rings. The first-order chi connectivity index (χ1) is 9.76. The van der Waals surface area contributed by atoms with Crippen molar-refractivity contribution in [2.45, 2.75) is 38.8 Å². The first-order valence-electron chi connectivity index (χ1n) is 6.93. The fourth-order valence-corrected chi connectivity index (χ4v) is 2.25. The van der Waals surface area contributed by atoms with Crippen molar-refractivity contribution >= 4 is 0 Å². The molecule has 0 saturated heterocycles. The standard InChI is InChI=1S/C15H21N3O2/c1-3-9-18-15(14(20-2)11-17-18)13(19)7-6-12-5-4-8-16-10-12/h4-5,8,10-11,13,19H,3,6-7,9H2,1-2H3. The van der Waals surface area contributed by atoms with Crippen LogP contribution in [-0.2, 0) is 13.0 Å². The molecule has 2 rings (SSSR count). The molecule has 1 N–H and O–H groups in total. The molecule has 0 bridgehead atoms. The lowest BCUT2D eigenvalue weighted by atomic mass is 10.1. The molecule has 5 heteroatoms. The van der Waals surface area contributed by atoms with E-state index >= 15 is 0 Å². The Morgan fingerprint density at radius 3 is 2.90 bits per heavy atom. The van der Waals surface area contributed by atoms with E-state index in [4.69, 9.17) is 4.74 Å². The number of aliphatic hydroxyl groups excluding tert-OH is 1. The van der Waals surface area contributed by atoms with E-state index in [9.17, 15) is 5.11 Å². The zero-order chi connectivity index (χ0) is 14.4. The van der Waals surface area contributed by atoms with Gasteiger partial charge in [0.05, 0.1) is 19.4 Å². The first-order valence-corrected chi connectivity index (χ1v) is 6.93. The number of ether oxygens (including phenoxy) is 1. The summed E-state index contributed by atoms with van der Waals surface area (Å²) in [6.07, 6.45) is 7.02. The third-order valence-electron chi connectivity index (χ3n) is 3.25. The van der Waals surface area contributed by atoms with Gasteiger partial charge in [-0.05, 0) is 30.9 Å². The van der Waals surface area contributed by atoms with Gasteiger partial charge < -0.3 is 9.84 Å². The molecule has 0 aliphatic heterocycles. The first kappa shape index (κ1) is 14.5. The summed E-state index contributed by atoms with van der Waals surface area (Å²) in [5, 5.41) is 14.7. The fourth-order valence-electron chi connectivity index (χ4n) is 2.25. The quantitative estimate of drug-likeness (QED) is 0.842. The minimum Gasteiger partial charge on any atom is -0.493 e. The maximum absolute atomic E-state index is 10.4. The van der Waals surface area contributed by atoms with Crippen LogP contribution in [-0.4, -0.2) is 27.0 Å². The maximum atomic E-state index is 10.4. The Morgan fingerprint density at radius 1 is 1.40 bits per heavy atom. The number of pyridine rings is 1. The summed E-state index contributed by atoms with van der Waals surface area (Å²) in [6.45, 7) is 2.86. The van der Waals surface area contributed by atoms with Crippen LogP contribution in [0.5, 0.6) is 5.75 Å². The lowest BCUT2D eigenvalue weighted by Crippen LogP contribution is -2.11. The predicted octanol–water partition coefficient (Wildman–Crippen LogP) is 2.36. The number of aryl methyl sites for hydroxylation is 2. The van der Waals surface area contributed by atoms with Gasteiger partial charge >= 0.3 is 0 Å². The minimum atomic E-state index is -0.584. The summed E-state index contributed by atoms with van der Waals surface area (Å²) >= 11 is 0. The Labute approximate surface area is 119 Å². The molecule has 20 heavy (non-hydrogen) atoms.